The quantitative estimate of drug-likeness (QED) is 0.398. The Kier molecular flexibility index (Phi) is 3.76. The van der Waals surface area contributed by atoms with Gasteiger partial charge in [0, 0.05) is 22.4 Å². The van der Waals surface area contributed by atoms with Crippen molar-refractivity contribution in [3.05, 3.63) is 50.2 Å². The number of fused-ring (bicyclic) bond motifs is 1. The average molecular weight is 396 g/mol. The third kappa shape index (κ3) is 3.16. The van der Waals surface area contributed by atoms with Crippen molar-refractivity contribution in [2.24, 2.45) is 4.99 Å². The summed E-state index contributed by atoms with van der Waals surface area (Å²) < 4.78 is 1.66. The van der Waals surface area contributed by atoms with Crippen molar-refractivity contribution in [3.63, 3.8) is 0 Å². The summed E-state index contributed by atoms with van der Waals surface area (Å²) in [6.07, 6.45) is 7.16. The molecular weight excluding hydrogens is 380 g/mol. The summed E-state index contributed by atoms with van der Waals surface area (Å²) in [7, 11) is 0. The van der Waals surface area contributed by atoms with Crippen LogP contribution in [0, 0.1) is 6.92 Å². The molecule has 11 heteroatoms. The van der Waals surface area contributed by atoms with E-state index >= 15 is 0 Å². The van der Waals surface area contributed by atoms with Crippen molar-refractivity contribution in [2.75, 3.05) is 5.32 Å². The second kappa shape index (κ2) is 6.30. The Morgan fingerprint density at radius 1 is 1.39 bits per heavy atom. The number of rotatable bonds is 4. The van der Waals surface area contributed by atoms with Gasteiger partial charge in [-0.3, -0.25) is 9.98 Å². The fourth-order valence-corrected chi connectivity index (χ4v) is 3.45. The Hall–Kier alpha value is -3.47. The smallest absolute Gasteiger partial charge is 0.326 e. The molecule has 1 aliphatic carbocycles. The third-order valence-corrected chi connectivity index (χ3v) is 5.06. The molecule has 10 nitrogen and oxygen atoms in total. The molecule has 0 radical (unpaired) electrons. The van der Waals surface area contributed by atoms with Crippen LogP contribution in [0.5, 0.6) is 5.88 Å². The standard InChI is InChI=1S/C17H16N8O2S/c1-8-6-18-17(28-8)23-12-5-13(20-10-2-3-10)25-14(22-12)9(7-19-25)4-11-15(26)24-16(27)21-11/h4-7,10,26H,2-3H2,1H3,(H,18,23)(H2,21,24,27)/b9-4-,20-13?. The topological polar surface area (TPSA) is 136 Å². The van der Waals surface area contributed by atoms with Crippen LogP contribution in [0.25, 0.3) is 11.7 Å². The number of hydrogen-bond acceptors (Lipinski definition) is 8. The molecule has 1 fully saturated rings. The second-order valence-electron chi connectivity index (χ2n) is 6.58. The Morgan fingerprint density at radius 3 is 2.93 bits per heavy atom. The van der Waals surface area contributed by atoms with Gasteiger partial charge in [0.05, 0.1) is 12.2 Å². The second-order valence-corrected chi connectivity index (χ2v) is 7.82. The Balaban J connectivity index is 1.69. The highest BCUT2D eigenvalue weighted by atomic mass is 32.1. The van der Waals surface area contributed by atoms with Crippen LogP contribution in [0.15, 0.2) is 28.2 Å². The first kappa shape index (κ1) is 16.7. The lowest BCUT2D eigenvalue weighted by molar-refractivity contribution is 0.454. The lowest BCUT2D eigenvalue weighted by Crippen LogP contribution is -2.19. The largest absolute Gasteiger partial charge is 0.493 e. The molecule has 0 amide bonds. The van der Waals surface area contributed by atoms with Crippen molar-refractivity contribution in [1.82, 2.24) is 29.5 Å². The van der Waals surface area contributed by atoms with Crippen LogP contribution in [-0.2, 0) is 0 Å². The van der Waals surface area contributed by atoms with Gasteiger partial charge in [0.2, 0.25) is 5.88 Å². The number of nitrogens with one attached hydrogen (secondary N) is 3. The van der Waals surface area contributed by atoms with Crippen molar-refractivity contribution < 1.29 is 5.11 Å². The van der Waals surface area contributed by atoms with Gasteiger partial charge in [-0.05, 0) is 25.8 Å². The maximum absolute atomic E-state index is 11.4. The first-order chi connectivity index (χ1) is 13.5. The van der Waals surface area contributed by atoms with E-state index in [1.54, 1.807) is 23.0 Å². The summed E-state index contributed by atoms with van der Waals surface area (Å²) >= 11 is 1.53. The van der Waals surface area contributed by atoms with Crippen LogP contribution in [0.2, 0.25) is 0 Å². The SMILES string of the molecule is Cc1cnc(Nc2cc(=NC3CC3)n3nc/c(=C/c4[nH]c(=O)[nH]c4O)c3n2)s1. The Labute approximate surface area is 161 Å². The molecule has 4 N–H and O–H groups in total. The minimum absolute atomic E-state index is 0.236. The molecule has 4 heterocycles. The maximum Gasteiger partial charge on any atom is 0.326 e. The first-order valence-electron chi connectivity index (χ1n) is 8.70. The summed E-state index contributed by atoms with van der Waals surface area (Å²) in [4.78, 5) is 31.0. The number of aromatic nitrogens is 6. The van der Waals surface area contributed by atoms with Crippen molar-refractivity contribution in [3.8, 4) is 5.88 Å². The van der Waals surface area contributed by atoms with Crippen molar-refractivity contribution >= 4 is 34.0 Å². The monoisotopic (exact) mass is 396 g/mol. The fourth-order valence-electron chi connectivity index (χ4n) is 2.78. The molecule has 0 aromatic carbocycles. The zero-order valence-electron chi connectivity index (χ0n) is 14.8. The van der Waals surface area contributed by atoms with Gasteiger partial charge in [-0.25, -0.2) is 14.8 Å². The van der Waals surface area contributed by atoms with E-state index in [0.717, 1.165) is 22.9 Å². The molecule has 0 saturated heterocycles. The van der Waals surface area contributed by atoms with E-state index in [2.05, 4.69) is 30.4 Å². The molecule has 142 valence electrons. The molecule has 4 aromatic rings. The average Bonchev–Trinajstić information content (AvgIpc) is 3.08. The molecule has 4 aromatic heterocycles. The zero-order valence-corrected chi connectivity index (χ0v) is 15.6. The summed E-state index contributed by atoms with van der Waals surface area (Å²) in [6.45, 7) is 1.99. The number of anilines is 2. The molecule has 0 spiro atoms. The minimum Gasteiger partial charge on any atom is -0.493 e. The van der Waals surface area contributed by atoms with Crippen LogP contribution in [0.1, 0.15) is 23.4 Å². The van der Waals surface area contributed by atoms with Gasteiger partial charge in [0.1, 0.15) is 11.5 Å². The molecule has 1 aliphatic rings. The normalized spacial score (nSPS) is 15.6. The number of imidazole rings is 1. The molecule has 0 bridgehead atoms. The summed E-state index contributed by atoms with van der Waals surface area (Å²) in [5.41, 5.74) is 1.02. The first-order valence-corrected chi connectivity index (χ1v) is 9.52. The van der Waals surface area contributed by atoms with Gasteiger partial charge < -0.3 is 15.4 Å². The number of aromatic amines is 2. The molecule has 0 atom stereocenters. The minimum atomic E-state index is -0.487. The van der Waals surface area contributed by atoms with Crippen LogP contribution in [0.4, 0.5) is 10.9 Å². The van der Waals surface area contributed by atoms with Crippen LogP contribution >= 0.6 is 11.3 Å². The summed E-state index contributed by atoms with van der Waals surface area (Å²) in [5.74, 6) is 0.364. The van der Waals surface area contributed by atoms with Gasteiger partial charge >= 0.3 is 5.69 Å². The fraction of sp³-hybridized carbons (Fsp3) is 0.235. The van der Waals surface area contributed by atoms with E-state index in [0.29, 0.717) is 28.2 Å². The van der Waals surface area contributed by atoms with Crippen LogP contribution < -0.4 is 21.7 Å². The number of thiazole rings is 1. The van der Waals surface area contributed by atoms with E-state index in [1.807, 2.05) is 13.0 Å². The molecule has 5 rings (SSSR count). The highest BCUT2D eigenvalue weighted by Crippen LogP contribution is 2.23. The number of hydrogen-bond donors (Lipinski definition) is 4. The molecule has 1 saturated carbocycles. The number of H-pyrrole nitrogens is 2. The van der Waals surface area contributed by atoms with Crippen LogP contribution in [-0.4, -0.2) is 40.7 Å². The number of nitrogens with zero attached hydrogens (tertiary/aromatic N) is 5. The summed E-state index contributed by atoms with van der Waals surface area (Å²) in [5, 5.41) is 18.8. The molecular formula is C17H16N8O2S. The lowest BCUT2D eigenvalue weighted by Gasteiger charge is -2.03. The van der Waals surface area contributed by atoms with Gasteiger partial charge in [0.15, 0.2) is 16.3 Å². The lowest BCUT2D eigenvalue weighted by atomic mass is 10.3. The molecule has 28 heavy (non-hydrogen) atoms. The highest BCUT2D eigenvalue weighted by Gasteiger charge is 2.20. The molecule has 0 aliphatic heterocycles. The van der Waals surface area contributed by atoms with E-state index in [-0.39, 0.29) is 11.6 Å². The zero-order chi connectivity index (χ0) is 19.3. The van der Waals surface area contributed by atoms with E-state index in [4.69, 9.17) is 4.99 Å². The van der Waals surface area contributed by atoms with E-state index < -0.39 is 5.69 Å². The highest BCUT2D eigenvalue weighted by molar-refractivity contribution is 7.15. The number of aromatic hydroxyl groups is 1. The van der Waals surface area contributed by atoms with Gasteiger partial charge in [-0.15, -0.1) is 11.3 Å². The third-order valence-electron chi connectivity index (χ3n) is 4.23. The molecule has 0 unspecified atom stereocenters. The maximum atomic E-state index is 11.4. The summed E-state index contributed by atoms with van der Waals surface area (Å²) in [6, 6.07) is 2.15. The van der Waals surface area contributed by atoms with Gasteiger partial charge in [-0.2, -0.15) is 9.61 Å². The van der Waals surface area contributed by atoms with Gasteiger partial charge in [0.25, 0.3) is 0 Å². The van der Waals surface area contributed by atoms with Gasteiger partial charge in [-0.1, -0.05) is 0 Å². The predicted molar refractivity (Wildman–Crippen MR) is 104 cm³/mol. The van der Waals surface area contributed by atoms with E-state index in [9.17, 15) is 9.90 Å². The van der Waals surface area contributed by atoms with Crippen LogP contribution in [0.3, 0.4) is 0 Å². The predicted octanol–water partition coefficient (Wildman–Crippen LogP) is 0.571. The Bertz CT molecular complexity index is 1360. The van der Waals surface area contributed by atoms with Crippen molar-refractivity contribution in [1.29, 1.82) is 0 Å². The van der Waals surface area contributed by atoms with Crippen molar-refractivity contribution in [2.45, 2.75) is 25.8 Å². The number of aryl methyl sites for hydroxylation is 1. The van der Waals surface area contributed by atoms with E-state index in [1.165, 1.54) is 11.3 Å². The Morgan fingerprint density at radius 2 is 2.25 bits per heavy atom.